The second kappa shape index (κ2) is 5.44. The Morgan fingerprint density at radius 1 is 1.60 bits per heavy atom. The van der Waals surface area contributed by atoms with Crippen molar-refractivity contribution in [3.05, 3.63) is 18.0 Å². The molecule has 1 aromatic rings. The van der Waals surface area contributed by atoms with Gasteiger partial charge in [-0.15, -0.1) is 0 Å². The van der Waals surface area contributed by atoms with Crippen LogP contribution >= 0.6 is 11.8 Å². The molecule has 0 amide bonds. The number of thioether (sulfide) groups is 1. The van der Waals surface area contributed by atoms with E-state index in [1.54, 1.807) is 13.1 Å². The molecule has 0 aliphatic heterocycles. The van der Waals surface area contributed by atoms with Gasteiger partial charge >= 0.3 is 0 Å². The molecule has 0 bridgehead atoms. The van der Waals surface area contributed by atoms with Crippen LogP contribution in [0, 0.1) is 6.92 Å². The molecule has 3 N–H and O–H groups in total. The molecule has 0 saturated heterocycles. The number of aliphatic hydroxyl groups is 1. The highest BCUT2D eigenvalue weighted by Crippen LogP contribution is 2.17. The van der Waals surface area contributed by atoms with Crippen LogP contribution in [0.4, 0.5) is 0 Å². The average molecular weight is 227 g/mol. The topological polar surface area (TPSA) is 72.0 Å². The lowest BCUT2D eigenvalue weighted by atomic mass is 10.1. The fourth-order valence-electron chi connectivity index (χ4n) is 0.960. The summed E-state index contributed by atoms with van der Waals surface area (Å²) in [5, 5.41) is 10.4. The summed E-state index contributed by atoms with van der Waals surface area (Å²) in [6.07, 6.45) is 2.39. The van der Waals surface area contributed by atoms with E-state index in [9.17, 15) is 5.11 Å². The number of rotatable bonds is 5. The van der Waals surface area contributed by atoms with Crippen LogP contribution in [0.25, 0.3) is 0 Å². The SMILES string of the molecule is Cc1ccnc(SCCC(C)(O)CN)n1. The summed E-state index contributed by atoms with van der Waals surface area (Å²) in [6, 6.07) is 1.86. The van der Waals surface area contributed by atoms with E-state index in [4.69, 9.17) is 5.73 Å². The molecule has 1 heterocycles. The van der Waals surface area contributed by atoms with Crippen molar-refractivity contribution in [3.8, 4) is 0 Å². The fourth-order valence-corrected chi connectivity index (χ4v) is 2.03. The van der Waals surface area contributed by atoms with Crippen LogP contribution in [0.3, 0.4) is 0 Å². The quantitative estimate of drug-likeness (QED) is 0.579. The standard InChI is InChI=1S/C10H17N3OS/c1-8-3-5-12-9(13-8)15-6-4-10(2,14)7-11/h3,5,14H,4,6-7,11H2,1-2H3. The van der Waals surface area contributed by atoms with Gasteiger partial charge in [-0.25, -0.2) is 9.97 Å². The minimum atomic E-state index is -0.781. The van der Waals surface area contributed by atoms with Crippen molar-refractivity contribution in [2.24, 2.45) is 5.73 Å². The zero-order valence-electron chi connectivity index (χ0n) is 9.10. The molecular formula is C10H17N3OS. The molecule has 0 aliphatic rings. The molecule has 0 fully saturated rings. The van der Waals surface area contributed by atoms with E-state index in [2.05, 4.69) is 9.97 Å². The average Bonchev–Trinajstić information content (AvgIpc) is 2.18. The highest BCUT2D eigenvalue weighted by molar-refractivity contribution is 7.99. The smallest absolute Gasteiger partial charge is 0.187 e. The molecule has 15 heavy (non-hydrogen) atoms. The Hall–Kier alpha value is -0.650. The van der Waals surface area contributed by atoms with Gasteiger partial charge in [-0.2, -0.15) is 0 Å². The molecule has 0 radical (unpaired) electrons. The van der Waals surface area contributed by atoms with Gasteiger partial charge < -0.3 is 10.8 Å². The summed E-state index contributed by atoms with van der Waals surface area (Å²) in [4.78, 5) is 8.38. The molecule has 1 atom stereocenters. The van der Waals surface area contributed by atoms with E-state index >= 15 is 0 Å². The van der Waals surface area contributed by atoms with Crippen LogP contribution in [-0.4, -0.2) is 33.0 Å². The van der Waals surface area contributed by atoms with Crippen molar-refractivity contribution in [1.82, 2.24) is 9.97 Å². The maximum atomic E-state index is 9.68. The van der Waals surface area contributed by atoms with Gasteiger partial charge in [-0.1, -0.05) is 11.8 Å². The van der Waals surface area contributed by atoms with Crippen molar-refractivity contribution in [3.63, 3.8) is 0 Å². The lowest BCUT2D eigenvalue weighted by molar-refractivity contribution is 0.0665. The predicted octanol–water partition coefficient (Wildman–Crippen LogP) is 0.977. The normalized spacial score (nSPS) is 14.9. The summed E-state index contributed by atoms with van der Waals surface area (Å²) in [7, 11) is 0. The van der Waals surface area contributed by atoms with Crippen LogP contribution in [0.1, 0.15) is 19.0 Å². The second-order valence-corrected chi connectivity index (χ2v) is 4.84. The highest BCUT2D eigenvalue weighted by atomic mass is 32.2. The number of nitrogens with zero attached hydrogens (tertiary/aromatic N) is 2. The van der Waals surface area contributed by atoms with Gasteiger partial charge in [0.25, 0.3) is 0 Å². The number of nitrogens with two attached hydrogens (primary N) is 1. The van der Waals surface area contributed by atoms with Crippen LogP contribution < -0.4 is 5.73 Å². The van der Waals surface area contributed by atoms with Gasteiger partial charge in [0.15, 0.2) is 5.16 Å². The van der Waals surface area contributed by atoms with Crippen molar-refractivity contribution in [2.75, 3.05) is 12.3 Å². The van der Waals surface area contributed by atoms with Gasteiger partial charge in [0.05, 0.1) is 5.60 Å². The van der Waals surface area contributed by atoms with E-state index in [1.165, 1.54) is 11.8 Å². The molecule has 84 valence electrons. The Morgan fingerprint density at radius 2 is 2.33 bits per heavy atom. The summed E-state index contributed by atoms with van der Waals surface area (Å²) in [6.45, 7) is 3.95. The van der Waals surface area contributed by atoms with Crippen LogP contribution in [0.15, 0.2) is 17.4 Å². The third-order valence-corrected chi connectivity index (χ3v) is 2.95. The first-order chi connectivity index (χ1) is 7.03. The van der Waals surface area contributed by atoms with E-state index < -0.39 is 5.60 Å². The molecule has 1 unspecified atom stereocenters. The Labute approximate surface area is 94.3 Å². The summed E-state index contributed by atoms with van der Waals surface area (Å²) >= 11 is 1.54. The Bertz CT molecular complexity index is 317. The first-order valence-corrected chi connectivity index (χ1v) is 5.87. The van der Waals surface area contributed by atoms with E-state index in [0.29, 0.717) is 6.42 Å². The van der Waals surface area contributed by atoms with Crippen molar-refractivity contribution in [2.45, 2.75) is 31.0 Å². The Kier molecular flexibility index (Phi) is 4.50. The monoisotopic (exact) mass is 227 g/mol. The van der Waals surface area contributed by atoms with Gasteiger partial charge in [-0.05, 0) is 26.3 Å². The van der Waals surface area contributed by atoms with Crippen molar-refractivity contribution in [1.29, 1.82) is 0 Å². The molecule has 0 aliphatic carbocycles. The van der Waals surface area contributed by atoms with E-state index in [0.717, 1.165) is 16.6 Å². The summed E-state index contributed by atoms with van der Waals surface area (Å²) in [5.41, 5.74) is 5.59. The zero-order valence-corrected chi connectivity index (χ0v) is 9.92. The van der Waals surface area contributed by atoms with Crippen LogP contribution in [0.5, 0.6) is 0 Å². The Morgan fingerprint density at radius 3 is 2.93 bits per heavy atom. The maximum absolute atomic E-state index is 9.68. The molecule has 0 saturated carbocycles. The third-order valence-electron chi connectivity index (χ3n) is 2.08. The number of hydrogen-bond donors (Lipinski definition) is 2. The van der Waals surface area contributed by atoms with Gasteiger partial charge in [0.2, 0.25) is 0 Å². The summed E-state index contributed by atoms with van der Waals surface area (Å²) < 4.78 is 0. The molecule has 5 heteroatoms. The third kappa shape index (κ3) is 4.59. The second-order valence-electron chi connectivity index (χ2n) is 3.78. The van der Waals surface area contributed by atoms with Crippen molar-refractivity contribution >= 4 is 11.8 Å². The largest absolute Gasteiger partial charge is 0.389 e. The summed E-state index contributed by atoms with van der Waals surface area (Å²) in [5.74, 6) is 0.771. The first-order valence-electron chi connectivity index (χ1n) is 4.88. The fraction of sp³-hybridized carbons (Fsp3) is 0.600. The molecule has 0 spiro atoms. The van der Waals surface area contributed by atoms with Gasteiger partial charge in [0.1, 0.15) is 0 Å². The van der Waals surface area contributed by atoms with Gasteiger partial charge in [-0.3, -0.25) is 0 Å². The molecule has 4 nitrogen and oxygen atoms in total. The number of aromatic nitrogens is 2. The van der Waals surface area contributed by atoms with Crippen LogP contribution in [0.2, 0.25) is 0 Å². The molecule has 1 rings (SSSR count). The lowest BCUT2D eigenvalue weighted by Crippen LogP contribution is -2.34. The first kappa shape index (κ1) is 12.4. The minimum absolute atomic E-state index is 0.280. The minimum Gasteiger partial charge on any atom is -0.389 e. The van der Waals surface area contributed by atoms with Crippen molar-refractivity contribution < 1.29 is 5.11 Å². The number of hydrogen-bond acceptors (Lipinski definition) is 5. The molecule has 0 aromatic carbocycles. The van der Waals surface area contributed by atoms with E-state index in [1.807, 2.05) is 13.0 Å². The molecular weight excluding hydrogens is 210 g/mol. The maximum Gasteiger partial charge on any atom is 0.187 e. The zero-order chi connectivity index (χ0) is 11.3. The molecule has 1 aromatic heterocycles. The van der Waals surface area contributed by atoms with Crippen LogP contribution in [-0.2, 0) is 0 Å². The van der Waals surface area contributed by atoms with E-state index in [-0.39, 0.29) is 6.54 Å². The Balaban J connectivity index is 2.38. The highest BCUT2D eigenvalue weighted by Gasteiger charge is 2.17. The predicted molar refractivity (Wildman–Crippen MR) is 61.8 cm³/mol. The number of aryl methyl sites for hydroxylation is 1. The van der Waals surface area contributed by atoms with Gasteiger partial charge in [0, 0.05) is 24.2 Å². The lowest BCUT2D eigenvalue weighted by Gasteiger charge is -2.19.